The lowest BCUT2D eigenvalue weighted by atomic mass is 10.1. The Morgan fingerprint density at radius 1 is 0.957 bits per heavy atom. The number of sulfonamides is 1. The first-order valence-corrected chi connectivity index (χ1v) is 12.4. The molecule has 0 aliphatic carbocycles. The van der Waals surface area contributed by atoms with Crippen molar-refractivity contribution in [1.82, 2.24) is 0 Å². The van der Waals surface area contributed by atoms with Crippen LogP contribution in [0.1, 0.15) is 5.56 Å². The van der Waals surface area contributed by atoms with Gasteiger partial charge in [-0.2, -0.15) is 8.42 Å². The number of rotatable bonds is 6. The molecule has 8 nitrogen and oxygen atoms in total. The van der Waals surface area contributed by atoms with E-state index < -0.39 is 29.2 Å². The molecule has 0 saturated heterocycles. The second-order valence-corrected chi connectivity index (χ2v) is 11.0. The Kier molecular flexibility index (Phi) is 8.49. The summed E-state index contributed by atoms with van der Waals surface area (Å²) in [7, 11) is -5.39. The van der Waals surface area contributed by atoms with Crippen LogP contribution >= 0.6 is 10.7 Å². The van der Waals surface area contributed by atoms with Gasteiger partial charge in [0.1, 0.15) is 0 Å². The topological polar surface area (TPSA) is 124 Å². The molecule has 0 heterocycles. The highest BCUT2D eigenvalue weighted by atomic mass is 35.7. The quantitative estimate of drug-likeness (QED) is 0.545. The van der Waals surface area contributed by atoms with Crippen LogP contribution in [0.15, 0.2) is 24.3 Å². The van der Waals surface area contributed by atoms with Gasteiger partial charge < -0.3 is 0 Å². The number of hydrogen-bond donors (Lipinski definition) is 1. The summed E-state index contributed by atoms with van der Waals surface area (Å²) in [6.07, 6.45) is 3.42. The summed E-state index contributed by atoms with van der Waals surface area (Å²) in [5.41, 5.74) is 1.32. The van der Waals surface area contributed by atoms with Crippen LogP contribution in [-0.2, 0) is 39.8 Å². The van der Waals surface area contributed by atoms with Crippen molar-refractivity contribution >= 4 is 45.6 Å². The molecule has 0 amide bonds. The summed E-state index contributed by atoms with van der Waals surface area (Å²) in [6.45, 7) is 0.0671. The molecule has 0 aliphatic heterocycles. The number of nitrogens with one attached hydrogen (secondary N) is 1. The highest BCUT2D eigenvalue weighted by Crippen LogP contribution is 2.11. The van der Waals surface area contributed by atoms with Gasteiger partial charge in [-0.15, -0.1) is 0 Å². The fourth-order valence-electron chi connectivity index (χ4n) is 1.26. The Hall–Kier alpha value is -0.880. The Morgan fingerprint density at radius 3 is 1.74 bits per heavy atom. The second-order valence-electron chi connectivity index (χ2n) is 4.53. The maximum Gasteiger partial charge on any atom is 0.264 e. The van der Waals surface area contributed by atoms with Crippen LogP contribution in [0.25, 0.3) is 0 Å². The molecule has 0 aliphatic rings. The lowest BCUT2D eigenvalue weighted by Crippen LogP contribution is -2.09. The zero-order chi connectivity index (χ0) is 18.3. The van der Waals surface area contributed by atoms with Crippen molar-refractivity contribution in [2.45, 2.75) is 6.42 Å². The van der Waals surface area contributed by atoms with Gasteiger partial charge in [-0.1, -0.05) is 12.1 Å². The van der Waals surface area contributed by atoms with Gasteiger partial charge in [0.2, 0.25) is 19.1 Å². The molecule has 0 radical (unpaired) electrons. The minimum atomic E-state index is -3.42. The van der Waals surface area contributed by atoms with Crippen molar-refractivity contribution in [3.05, 3.63) is 29.8 Å². The normalized spacial score (nSPS) is 12.2. The van der Waals surface area contributed by atoms with Crippen molar-refractivity contribution in [3.63, 3.8) is 0 Å². The van der Waals surface area contributed by atoms with E-state index in [9.17, 15) is 25.3 Å². The second kappa shape index (κ2) is 8.83. The molecule has 0 spiro atoms. The molecule has 0 bridgehead atoms. The van der Waals surface area contributed by atoms with Crippen LogP contribution in [0.2, 0.25) is 0 Å². The maximum atomic E-state index is 11.0. The SMILES string of the molecule is CS(=O)(=O)Cl.CS(=O)(=O)Nc1ccc(CCOS(C)(=O)=O)cc1. The Bertz CT molecular complexity index is 792. The highest BCUT2D eigenvalue weighted by molar-refractivity contribution is 8.13. The molecule has 0 saturated carbocycles. The molecule has 1 aromatic carbocycles. The van der Waals surface area contributed by atoms with E-state index in [0.29, 0.717) is 12.1 Å². The fraction of sp³-hybridized carbons (Fsp3) is 0.455. The third-order valence-electron chi connectivity index (χ3n) is 1.95. The molecular formula is C11H18ClNO7S3. The maximum absolute atomic E-state index is 11.0. The van der Waals surface area contributed by atoms with E-state index in [4.69, 9.17) is 0 Å². The van der Waals surface area contributed by atoms with E-state index in [2.05, 4.69) is 19.6 Å². The predicted octanol–water partition coefficient (Wildman–Crippen LogP) is 0.762. The van der Waals surface area contributed by atoms with E-state index in [1.54, 1.807) is 24.3 Å². The first-order chi connectivity index (χ1) is 10.2. The average Bonchev–Trinajstić information content (AvgIpc) is 2.25. The monoisotopic (exact) mass is 407 g/mol. The first-order valence-electron chi connectivity index (χ1n) is 5.96. The molecule has 0 atom stereocenters. The minimum absolute atomic E-state index is 0.0671. The average molecular weight is 408 g/mol. The van der Waals surface area contributed by atoms with Crippen molar-refractivity contribution in [2.75, 3.05) is 30.1 Å². The summed E-state index contributed by atoms with van der Waals surface area (Å²) in [4.78, 5) is 0. The molecule has 1 aromatic rings. The third kappa shape index (κ3) is 17.3. The fourth-order valence-corrected chi connectivity index (χ4v) is 2.21. The smallest absolute Gasteiger partial charge is 0.264 e. The predicted molar refractivity (Wildman–Crippen MR) is 90.1 cm³/mol. The molecule has 0 unspecified atom stereocenters. The van der Waals surface area contributed by atoms with Gasteiger partial charge in [0.15, 0.2) is 0 Å². The molecule has 1 rings (SSSR count). The first kappa shape index (κ1) is 22.1. The Morgan fingerprint density at radius 2 is 1.39 bits per heavy atom. The molecule has 0 aromatic heterocycles. The lowest BCUT2D eigenvalue weighted by Gasteiger charge is -2.05. The van der Waals surface area contributed by atoms with Crippen LogP contribution in [0, 0.1) is 0 Å². The van der Waals surface area contributed by atoms with Gasteiger partial charge in [-0.3, -0.25) is 8.91 Å². The molecule has 23 heavy (non-hydrogen) atoms. The molecule has 0 fully saturated rings. The summed E-state index contributed by atoms with van der Waals surface area (Å²) < 4.78 is 69.1. The highest BCUT2D eigenvalue weighted by Gasteiger charge is 2.03. The molecule has 1 N–H and O–H groups in total. The summed E-state index contributed by atoms with van der Waals surface area (Å²) in [6, 6.07) is 6.63. The van der Waals surface area contributed by atoms with E-state index in [1.807, 2.05) is 0 Å². The van der Waals surface area contributed by atoms with Gasteiger partial charge in [0.05, 0.1) is 25.4 Å². The van der Waals surface area contributed by atoms with E-state index in [1.165, 1.54) is 0 Å². The van der Waals surface area contributed by atoms with E-state index in [0.717, 1.165) is 24.3 Å². The van der Waals surface area contributed by atoms with E-state index in [-0.39, 0.29) is 6.61 Å². The van der Waals surface area contributed by atoms with Crippen molar-refractivity contribution in [2.24, 2.45) is 0 Å². The molecular weight excluding hydrogens is 390 g/mol. The van der Waals surface area contributed by atoms with Crippen molar-refractivity contribution in [3.8, 4) is 0 Å². The van der Waals surface area contributed by atoms with Crippen LogP contribution < -0.4 is 4.72 Å². The Balaban J connectivity index is 0.000000841. The number of anilines is 1. The zero-order valence-electron chi connectivity index (χ0n) is 12.7. The lowest BCUT2D eigenvalue weighted by molar-refractivity contribution is 0.326. The van der Waals surface area contributed by atoms with Gasteiger partial charge >= 0.3 is 0 Å². The minimum Gasteiger partial charge on any atom is -0.284 e. The summed E-state index contributed by atoms with van der Waals surface area (Å²) >= 11 is 0. The van der Waals surface area contributed by atoms with Gasteiger partial charge in [-0.25, -0.2) is 16.8 Å². The van der Waals surface area contributed by atoms with Gasteiger partial charge in [0, 0.05) is 16.4 Å². The van der Waals surface area contributed by atoms with Crippen LogP contribution in [-0.4, -0.2) is 50.6 Å². The van der Waals surface area contributed by atoms with Crippen LogP contribution in [0.3, 0.4) is 0 Å². The van der Waals surface area contributed by atoms with Crippen molar-refractivity contribution < 1.29 is 29.4 Å². The van der Waals surface area contributed by atoms with Crippen LogP contribution in [0.5, 0.6) is 0 Å². The van der Waals surface area contributed by atoms with Gasteiger partial charge in [-0.05, 0) is 24.1 Å². The number of hydrogen-bond acceptors (Lipinski definition) is 7. The third-order valence-corrected chi connectivity index (χ3v) is 3.15. The van der Waals surface area contributed by atoms with Gasteiger partial charge in [0.25, 0.3) is 10.1 Å². The largest absolute Gasteiger partial charge is 0.284 e. The number of benzene rings is 1. The van der Waals surface area contributed by atoms with Crippen LogP contribution in [0.4, 0.5) is 5.69 Å². The Labute approximate surface area is 141 Å². The summed E-state index contributed by atoms with van der Waals surface area (Å²) in [5.74, 6) is 0. The zero-order valence-corrected chi connectivity index (χ0v) is 15.9. The number of halogens is 1. The molecule has 134 valence electrons. The summed E-state index contributed by atoms with van der Waals surface area (Å²) in [5, 5.41) is 0. The van der Waals surface area contributed by atoms with Crippen molar-refractivity contribution in [1.29, 1.82) is 0 Å². The standard InChI is InChI=1S/C10H15NO5S2.CH3ClO2S/c1-17(12,13)11-10-5-3-9(4-6-10)7-8-16-18(2,14)15;1-5(2,3)4/h3-6,11H,7-8H2,1-2H3;1H3. The molecule has 12 heteroatoms. The van der Waals surface area contributed by atoms with E-state index >= 15 is 0 Å².